The van der Waals surface area contributed by atoms with Gasteiger partial charge in [0.05, 0.1) is 0 Å². The first-order chi connectivity index (χ1) is 5.58. The van der Waals surface area contributed by atoms with Gasteiger partial charge in [-0.15, -0.1) is 0 Å². The number of Topliss-reactive ketones (excluding diaryl/α,β-unsaturated/α-hetero) is 1. The number of rotatable bonds is 2. The second kappa shape index (κ2) is 3.59. The maximum absolute atomic E-state index is 10.7. The standard InChI is InChI=1S/C9H9ClO2/c1-6(11)2-7-3-8(10)5-9(12)4-7/h3-5,12H,2H2,1H3. The van der Waals surface area contributed by atoms with Crippen LogP contribution in [0.5, 0.6) is 5.75 Å². The molecule has 0 unspecified atom stereocenters. The summed E-state index contributed by atoms with van der Waals surface area (Å²) in [5.41, 5.74) is 0.743. The minimum atomic E-state index is 0.0525. The number of phenolic OH excluding ortho intramolecular Hbond substituents is 1. The van der Waals surface area contributed by atoms with E-state index in [4.69, 9.17) is 16.7 Å². The average Bonchev–Trinajstić information content (AvgIpc) is 1.81. The van der Waals surface area contributed by atoms with E-state index in [0.717, 1.165) is 5.56 Å². The summed E-state index contributed by atoms with van der Waals surface area (Å²) in [6.07, 6.45) is 0.314. The number of aromatic hydroxyl groups is 1. The van der Waals surface area contributed by atoms with Gasteiger partial charge in [-0.05, 0) is 30.7 Å². The van der Waals surface area contributed by atoms with Crippen molar-refractivity contribution in [2.75, 3.05) is 0 Å². The van der Waals surface area contributed by atoms with Gasteiger partial charge in [0.25, 0.3) is 0 Å². The van der Waals surface area contributed by atoms with Crippen LogP contribution >= 0.6 is 11.6 Å². The Kier molecular flexibility index (Phi) is 2.71. The molecule has 1 rings (SSSR count). The van der Waals surface area contributed by atoms with Gasteiger partial charge in [0, 0.05) is 11.4 Å². The maximum Gasteiger partial charge on any atom is 0.134 e. The Hall–Kier alpha value is -1.02. The third-order valence-electron chi connectivity index (χ3n) is 1.40. The molecule has 0 bridgehead atoms. The minimum Gasteiger partial charge on any atom is -0.508 e. The highest BCUT2D eigenvalue weighted by atomic mass is 35.5. The molecule has 3 heteroatoms. The van der Waals surface area contributed by atoms with Crippen molar-refractivity contribution in [3.05, 3.63) is 28.8 Å². The van der Waals surface area contributed by atoms with Crippen LogP contribution in [-0.2, 0) is 11.2 Å². The predicted octanol–water partition coefficient (Wildman–Crippen LogP) is 2.18. The fourth-order valence-electron chi connectivity index (χ4n) is 1.02. The fourth-order valence-corrected chi connectivity index (χ4v) is 1.27. The fraction of sp³-hybridized carbons (Fsp3) is 0.222. The van der Waals surface area contributed by atoms with Crippen molar-refractivity contribution in [2.45, 2.75) is 13.3 Å². The summed E-state index contributed by atoms with van der Waals surface area (Å²) >= 11 is 5.66. The van der Waals surface area contributed by atoms with E-state index in [1.165, 1.54) is 19.1 Å². The molecule has 0 spiro atoms. The lowest BCUT2D eigenvalue weighted by atomic mass is 10.1. The molecule has 1 aromatic carbocycles. The van der Waals surface area contributed by atoms with Crippen LogP contribution in [0.2, 0.25) is 5.02 Å². The minimum absolute atomic E-state index is 0.0525. The second-order valence-electron chi connectivity index (χ2n) is 2.70. The first-order valence-electron chi connectivity index (χ1n) is 3.56. The van der Waals surface area contributed by atoms with Gasteiger partial charge in [-0.3, -0.25) is 4.79 Å². The van der Waals surface area contributed by atoms with Crippen LogP contribution in [-0.4, -0.2) is 10.9 Å². The number of carbonyl (C=O) groups excluding carboxylic acids is 1. The molecule has 12 heavy (non-hydrogen) atoms. The van der Waals surface area contributed by atoms with E-state index in [9.17, 15) is 4.79 Å². The van der Waals surface area contributed by atoms with E-state index >= 15 is 0 Å². The summed E-state index contributed by atoms with van der Waals surface area (Å²) in [6, 6.07) is 4.64. The van der Waals surface area contributed by atoms with Crippen LogP contribution in [0.1, 0.15) is 12.5 Å². The summed E-state index contributed by atoms with van der Waals surface area (Å²) in [7, 11) is 0. The summed E-state index contributed by atoms with van der Waals surface area (Å²) in [4.78, 5) is 10.7. The molecule has 1 N–H and O–H groups in total. The van der Waals surface area contributed by atoms with Gasteiger partial charge in [-0.25, -0.2) is 0 Å². The lowest BCUT2D eigenvalue weighted by molar-refractivity contribution is -0.116. The Morgan fingerprint density at radius 3 is 2.67 bits per heavy atom. The molecular weight excluding hydrogens is 176 g/mol. The SMILES string of the molecule is CC(=O)Cc1cc(O)cc(Cl)c1. The Balaban J connectivity index is 2.93. The monoisotopic (exact) mass is 184 g/mol. The van der Waals surface area contributed by atoms with Crippen molar-refractivity contribution in [3.63, 3.8) is 0 Å². The molecule has 0 fully saturated rings. The van der Waals surface area contributed by atoms with E-state index in [1.54, 1.807) is 6.07 Å². The zero-order valence-electron chi connectivity index (χ0n) is 6.67. The molecule has 0 radical (unpaired) electrons. The average molecular weight is 185 g/mol. The number of phenols is 1. The van der Waals surface area contributed by atoms with Crippen LogP contribution < -0.4 is 0 Å². The van der Waals surface area contributed by atoms with Gasteiger partial charge >= 0.3 is 0 Å². The molecule has 0 aliphatic carbocycles. The number of ketones is 1. The predicted molar refractivity (Wildman–Crippen MR) is 47.5 cm³/mol. The summed E-state index contributed by atoms with van der Waals surface area (Å²) in [5, 5.41) is 9.56. The van der Waals surface area contributed by atoms with Gasteiger partial charge in [0.15, 0.2) is 0 Å². The number of hydrogen-bond acceptors (Lipinski definition) is 2. The third kappa shape index (κ3) is 2.55. The van der Waals surface area contributed by atoms with E-state index in [0.29, 0.717) is 11.4 Å². The first kappa shape index (κ1) is 9.07. The van der Waals surface area contributed by atoms with Gasteiger partial charge in [0.2, 0.25) is 0 Å². The van der Waals surface area contributed by atoms with Gasteiger partial charge in [0.1, 0.15) is 11.5 Å². The third-order valence-corrected chi connectivity index (χ3v) is 1.61. The van der Waals surface area contributed by atoms with Crippen LogP contribution in [0.25, 0.3) is 0 Å². The van der Waals surface area contributed by atoms with Gasteiger partial charge < -0.3 is 5.11 Å². The molecule has 0 saturated heterocycles. The molecule has 64 valence electrons. The maximum atomic E-state index is 10.7. The van der Waals surface area contributed by atoms with Crippen LogP contribution in [0.3, 0.4) is 0 Å². The number of hydrogen-bond donors (Lipinski definition) is 1. The quantitative estimate of drug-likeness (QED) is 0.765. The lowest BCUT2D eigenvalue weighted by Crippen LogP contribution is -1.95. The lowest BCUT2D eigenvalue weighted by Gasteiger charge is -1.99. The number of halogens is 1. The number of carbonyl (C=O) groups is 1. The molecule has 2 nitrogen and oxygen atoms in total. The van der Waals surface area contributed by atoms with Crippen molar-refractivity contribution in [1.82, 2.24) is 0 Å². The topological polar surface area (TPSA) is 37.3 Å². The van der Waals surface area contributed by atoms with Crippen molar-refractivity contribution < 1.29 is 9.90 Å². The van der Waals surface area contributed by atoms with Crippen LogP contribution in [0, 0.1) is 0 Å². The molecule has 0 aliphatic heterocycles. The molecule has 0 heterocycles. The Morgan fingerprint density at radius 1 is 1.50 bits per heavy atom. The summed E-state index contributed by atoms with van der Waals surface area (Å²) < 4.78 is 0. The molecule has 0 atom stereocenters. The van der Waals surface area contributed by atoms with Gasteiger partial charge in [-0.2, -0.15) is 0 Å². The normalized spacial score (nSPS) is 9.83. The summed E-state index contributed by atoms with van der Waals surface area (Å²) in [6.45, 7) is 1.50. The summed E-state index contributed by atoms with van der Waals surface area (Å²) in [5.74, 6) is 0.149. The van der Waals surface area contributed by atoms with Crippen LogP contribution in [0.4, 0.5) is 0 Å². The number of benzene rings is 1. The zero-order valence-corrected chi connectivity index (χ0v) is 7.43. The second-order valence-corrected chi connectivity index (χ2v) is 3.13. The van der Waals surface area contributed by atoms with E-state index in [-0.39, 0.29) is 11.5 Å². The highest BCUT2D eigenvalue weighted by Gasteiger charge is 2.00. The van der Waals surface area contributed by atoms with E-state index in [2.05, 4.69) is 0 Å². The van der Waals surface area contributed by atoms with Crippen LogP contribution in [0.15, 0.2) is 18.2 Å². The Bertz CT molecular complexity index is 287. The molecule has 1 aromatic rings. The zero-order chi connectivity index (χ0) is 9.14. The highest BCUT2D eigenvalue weighted by Crippen LogP contribution is 2.19. The van der Waals surface area contributed by atoms with Gasteiger partial charge in [-0.1, -0.05) is 11.6 Å². The Labute approximate surface area is 75.8 Å². The highest BCUT2D eigenvalue weighted by molar-refractivity contribution is 6.30. The molecule has 0 saturated carbocycles. The van der Waals surface area contributed by atoms with Crippen molar-refractivity contribution in [2.24, 2.45) is 0 Å². The largest absolute Gasteiger partial charge is 0.508 e. The van der Waals surface area contributed by atoms with Crippen molar-refractivity contribution in [3.8, 4) is 5.75 Å². The molecule has 0 amide bonds. The Morgan fingerprint density at radius 2 is 2.17 bits per heavy atom. The molecular formula is C9H9ClO2. The first-order valence-corrected chi connectivity index (χ1v) is 3.93. The van der Waals surface area contributed by atoms with E-state index in [1.807, 2.05) is 0 Å². The van der Waals surface area contributed by atoms with E-state index < -0.39 is 0 Å². The van der Waals surface area contributed by atoms with Crippen molar-refractivity contribution in [1.29, 1.82) is 0 Å². The smallest absolute Gasteiger partial charge is 0.134 e. The molecule has 0 aliphatic rings. The molecule has 0 aromatic heterocycles. The van der Waals surface area contributed by atoms with Crippen molar-refractivity contribution >= 4 is 17.4 Å².